The highest BCUT2D eigenvalue weighted by molar-refractivity contribution is 7.54. The Hall–Kier alpha value is -1.20. The van der Waals surface area contributed by atoms with Crippen molar-refractivity contribution in [1.29, 1.82) is 0 Å². The minimum absolute atomic E-state index is 0.233. The fraction of sp³-hybridized carbons (Fsp3) is 0.588. The molecule has 7 heteroatoms. The quantitative estimate of drug-likeness (QED) is 0.510. The number of rotatable bonds is 10. The van der Waals surface area contributed by atoms with Crippen LogP contribution in [0.2, 0.25) is 0 Å². The first kappa shape index (κ1) is 20.8. The number of hydrogen-bond donors (Lipinski definition) is 1. The van der Waals surface area contributed by atoms with E-state index in [-0.39, 0.29) is 19.8 Å². The van der Waals surface area contributed by atoms with Crippen LogP contribution in [0.5, 0.6) is 0 Å². The van der Waals surface area contributed by atoms with Crippen molar-refractivity contribution in [2.45, 2.75) is 45.3 Å². The molecule has 0 heterocycles. The highest BCUT2D eigenvalue weighted by atomic mass is 31.2. The van der Waals surface area contributed by atoms with Gasteiger partial charge < -0.3 is 19.5 Å². The molecule has 0 saturated heterocycles. The summed E-state index contributed by atoms with van der Waals surface area (Å²) in [6.45, 7) is 7.69. The van der Waals surface area contributed by atoms with Gasteiger partial charge in [-0.25, -0.2) is 0 Å². The van der Waals surface area contributed by atoms with Crippen molar-refractivity contribution in [1.82, 2.24) is 0 Å². The summed E-state index contributed by atoms with van der Waals surface area (Å²) in [5.74, 6) is -1.08. The zero-order chi connectivity index (χ0) is 18.2. The third-order valence-corrected chi connectivity index (χ3v) is 6.32. The zero-order valence-electron chi connectivity index (χ0n) is 14.8. The number of benzene rings is 1. The Morgan fingerprint density at radius 1 is 1.08 bits per heavy atom. The Kier molecular flexibility index (Phi) is 8.63. The molecule has 0 aliphatic rings. The second-order valence-corrected chi connectivity index (χ2v) is 7.74. The summed E-state index contributed by atoms with van der Waals surface area (Å²) in [4.78, 5) is 12.2. The van der Waals surface area contributed by atoms with E-state index in [4.69, 9.17) is 19.5 Å². The summed E-state index contributed by atoms with van der Waals surface area (Å²) in [7, 11) is -3.43. The molecule has 6 nitrogen and oxygen atoms in total. The summed E-state index contributed by atoms with van der Waals surface area (Å²) in [6, 6.07) is 8.30. The van der Waals surface area contributed by atoms with Crippen LogP contribution in [0.1, 0.15) is 39.2 Å². The number of carbonyl (C=O) groups excluding carboxylic acids is 1. The maximum atomic E-state index is 13.2. The van der Waals surface area contributed by atoms with Crippen molar-refractivity contribution in [3.63, 3.8) is 0 Å². The number of esters is 1. The monoisotopic (exact) mass is 357 g/mol. The van der Waals surface area contributed by atoms with Crippen LogP contribution in [0.4, 0.5) is 0 Å². The van der Waals surface area contributed by atoms with Gasteiger partial charge in [-0.1, -0.05) is 37.3 Å². The molecule has 0 bridgehead atoms. The summed E-state index contributed by atoms with van der Waals surface area (Å²) in [5.41, 5.74) is 6.36. The van der Waals surface area contributed by atoms with Gasteiger partial charge in [-0.3, -0.25) is 9.36 Å². The van der Waals surface area contributed by atoms with E-state index < -0.39 is 31.2 Å². The normalized spacial score (nSPS) is 15.5. The minimum Gasteiger partial charge on any atom is -0.465 e. The summed E-state index contributed by atoms with van der Waals surface area (Å²) < 4.78 is 29.1. The standard InChI is InChI=1S/C17H28NO5P/c1-5-21-17(19)16(18)15(14-11-9-8-10-12-14)13(4)24(20,22-6-2)23-7-3/h8-13,15-16H,5-7,18H2,1-4H3/t13-,15-,16-/m0/s1. The average molecular weight is 357 g/mol. The van der Waals surface area contributed by atoms with Crippen LogP contribution >= 0.6 is 7.60 Å². The van der Waals surface area contributed by atoms with Crippen molar-refractivity contribution in [3.8, 4) is 0 Å². The van der Waals surface area contributed by atoms with Crippen LogP contribution in [0.25, 0.3) is 0 Å². The second-order valence-electron chi connectivity index (χ2n) is 5.33. The number of carbonyl (C=O) groups is 1. The van der Waals surface area contributed by atoms with Gasteiger partial charge in [0.15, 0.2) is 0 Å². The lowest BCUT2D eigenvalue weighted by Gasteiger charge is -2.32. The smallest absolute Gasteiger partial charge is 0.334 e. The van der Waals surface area contributed by atoms with Crippen LogP contribution in [0.15, 0.2) is 30.3 Å². The first-order valence-corrected chi connectivity index (χ1v) is 9.88. The maximum Gasteiger partial charge on any atom is 0.334 e. The van der Waals surface area contributed by atoms with Gasteiger partial charge in [-0.2, -0.15) is 0 Å². The number of ether oxygens (including phenoxy) is 1. The number of nitrogens with two attached hydrogens (primary N) is 1. The van der Waals surface area contributed by atoms with Crippen LogP contribution < -0.4 is 5.73 Å². The van der Waals surface area contributed by atoms with Gasteiger partial charge in [0.1, 0.15) is 6.04 Å². The SMILES string of the molecule is CCOC(=O)[C@@H](N)[C@H](c1ccccc1)[C@H](C)P(=O)(OCC)OCC. The van der Waals surface area contributed by atoms with Crippen molar-refractivity contribution in [3.05, 3.63) is 35.9 Å². The van der Waals surface area contributed by atoms with Crippen molar-refractivity contribution in [2.75, 3.05) is 19.8 Å². The van der Waals surface area contributed by atoms with Crippen LogP contribution in [-0.4, -0.2) is 37.5 Å². The molecule has 1 rings (SSSR count). The van der Waals surface area contributed by atoms with Crippen molar-refractivity contribution < 1.29 is 23.1 Å². The van der Waals surface area contributed by atoms with Gasteiger partial charge >= 0.3 is 13.6 Å². The van der Waals surface area contributed by atoms with E-state index in [0.717, 1.165) is 5.56 Å². The van der Waals surface area contributed by atoms with E-state index >= 15 is 0 Å². The predicted octanol–water partition coefficient (Wildman–Crippen LogP) is 3.32. The highest BCUT2D eigenvalue weighted by Crippen LogP contribution is 2.57. The van der Waals surface area contributed by atoms with Gasteiger partial charge in [0, 0.05) is 5.92 Å². The van der Waals surface area contributed by atoms with E-state index in [1.165, 1.54) is 0 Å². The molecule has 0 aliphatic carbocycles. The van der Waals surface area contributed by atoms with Crippen LogP contribution in [0.3, 0.4) is 0 Å². The Morgan fingerprint density at radius 2 is 1.62 bits per heavy atom. The number of hydrogen-bond acceptors (Lipinski definition) is 6. The fourth-order valence-corrected chi connectivity index (χ4v) is 4.69. The molecule has 0 fully saturated rings. The molecule has 2 N–H and O–H groups in total. The first-order valence-electron chi connectivity index (χ1n) is 8.27. The first-order chi connectivity index (χ1) is 11.4. The molecule has 136 valence electrons. The molecule has 0 radical (unpaired) electrons. The molecule has 0 unspecified atom stereocenters. The molecular weight excluding hydrogens is 329 g/mol. The zero-order valence-corrected chi connectivity index (χ0v) is 15.7. The molecule has 1 aromatic carbocycles. The van der Waals surface area contributed by atoms with Crippen molar-refractivity contribution >= 4 is 13.6 Å². The average Bonchev–Trinajstić information content (AvgIpc) is 2.56. The van der Waals surface area contributed by atoms with E-state index in [1.807, 2.05) is 30.3 Å². The fourth-order valence-electron chi connectivity index (χ4n) is 2.68. The lowest BCUT2D eigenvalue weighted by molar-refractivity contribution is -0.145. The predicted molar refractivity (Wildman–Crippen MR) is 94.1 cm³/mol. The molecule has 0 saturated carbocycles. The third-order valence-electron chi connectivity index (χ3n) is 3.77. The van der Waals surface area contributed by atoms with E-state index in [9.17, 15) is 9.36 Å². The van der Waals surface area contributed by atoms with E-state index in [0.29, 0.717) is 0 Å². The van der Waals surface area contributed by atoms with Gasteiger partial charge in [0.25, 0.3) is 0 Å². The van der Waals surface area contributed by atoms with Crippen molar-refractivity contribution in [2.24, 2.45) is 5.73 Å². The maximum absolute atomic E-state index is 13.2. The Balaban J connectivity index is 3.25. The van der Waals surface area contributed by atoms with Gasteiger partial charge in [0.05, 0.1) is 25.5 Å². The lowest BCUT2D eigenvalue weighted by Crippen LogP contribution is -2.42. The topological polar surface area (TPSA) is 87.9 Å². The highest BCUT2D eigenvalue weighted by Gasteiger charge is 2.43. The molecule has 0 aromatic heterocycles. The van der Waals surface area contributed by atoms with E-state index in [1.54, 1.807) is 27.7 Å². The summed E-state index contributed by atoms with van der Waals surface area (Å²) in [5, 5.41) is 0. The molecule has 3 atom stereocenters. The Morgan fingerprint density at radius 3 is 2.08 bits per heavy atom. The van der Waals surface area contributed by atoms with Crippen LogP contribution in [-0.2, 0) is 23.1 Å². The minimum atomic E-state index is -3.43. The third kappa shape index (κ3) is 5.15. The summed E-state index contributed by atoms with van der Waals surface area (Å²) in [6.07, 6.45) is 0. The second kappa shape index (κ2) is 9.94. The van der Waals surface area contributed by atoms with Gasteiger partial charge in [0.2, 0.25) is 0 Å². The summed E-state index contributed by atoms with van der Waals surface area (Å²) >= 11 is 0. The Bertz CT molecular complexity index is 541. The molecular formula is C17H28NO5P. The molecule has 1 aromatic rings. The Labute approximate surface area is 144 Å². The van der Waals surface area contributed by atoms with Gasteiger partial charge in [-0.05, 0) is 26.3 Å². The van der Waals surface area contributed by atoms with E-state index in [2.05, 4.69) is 0 Å². The molecule has 0 spiro atoms. The molecule has 24 heavy (non-hydrogen) atoms. The van der Waals surface area contributed by atoms with Crippen LogP contribution in [0, 0.1) is 0 Å². The molecule has 0 aliphatic heterocycles. The lowest BCUT2D eigenvalue weighted by atomic mass is 9.89. The van der Waals surface area contributed by atoms with Gasteiger partial charge in [-0.15, -0.1) is 0 Å². The largest absolute Gasteiger partial charge is 0.465 e. The molecule has 0 amide bonds.